The summed E-state index contributed by atoms with van der Waals surface area (Å²) in [4.78, 5) is 25.2. The van der Waals surface area contributed by atoms with Gasteiger partial charge in [-0.3, -0.25) is 4.79 Å². The van der Waals surface area contributed by atoms with Gasteiger partial charge in [0.1, 0.15) is 11.8 Å². The Morgan fingerprint density at radius 2 is 2.00 bits per heavy atom. The molecular weight excluding hydrogens is 326 g/mol. The van der Waals surface area contributed by atoms with Crippen LogP contribution in [0.25, 0.3) is 0 Å². The van der Waals surface area contributed by atoms with Crippen LogP contribution in [0, 0.1) is 0 Å². The summed E-state index contributed by atoms with van der Waals surface area (Å²) in [6.07, 6.45) is 2.95. The van der Waals surface area contributed by atoms with Crippen LogP contribution in [0.2, 0.25) is 0 Å². The maximum Gasteiger partial charge on any atom is 0.326 e. The lowest BCUT2D eigenvalue weighted by Gasteiger charge is -2.27. The van der Waals surface area contributed by atoms with Crippen molar-refractivity contribution in [2.24, 2.45) is 0 Å². The van der Waals surface area contributed by atoms with Gasteiger partial charge in [-0.25, -0.2) is 4.79 Å². The molecule has 0 saturated carbocycles. The molecule has 1 aromatic rings. The molecule has 0 aromatic heterocycles. The van der Waals surface area contributed by atoms with Crippen molar-refractivity contribution < 1.29 is 19.8 Å². The zero-order chi connectivity index (χ0) is 14.7. The molecule has 20 heavy (non-hydrogen) atoms. The predicted octanol–water partition coefficient (Wildman–Crippen LogP) is 2.62. The molecule has 0 spiro atoms. The molecule has 1 heterocycles. The first-order valence-corrected chi connectivity index (χ1v) is 7.32. The fourth-order valence-corrected chi connectivity index (χ4v) is 2.80. The fraction of sp³-hybridized carbons (Fsp3) is 0.429. The lowest BCUT2D eigenvalue weighted by atomic mass is 10.1. The monoisotopic (exact) mass is 341 g/mol. The van der Waals surface area contributed by atoms with Crippen LogP contribution >= 0.6 is 15.9 Å². The number of phenols is 1. The number of aromatic hydroxyl groups is 1. The average Bonchev–Trinajstić information content (AvgIpc) is 2.66. The van der Waals surface area contributed by atoms with E-state index in [1.807, 2.05) is 0 Å². The Bertz CT molecular complexity index is 532. The number of carboxylic acids is 1. The van der Waals surface area contributed by atoms with E-state index in [9.17, 15) is 19.8 Å². The van der Waals surface area contributed by atoms with Crippen LogP contribution in [0.5, 0.6) is 5.75 Å². The highest BCUT2D eigenvalue weighted by atomic mass is 79.9. The largest absolute Gasteiger partial charge is 0.507 e. The first-order chi connectivity index (χ1) is 9.50. The van der Waals surface area contributed by atoms with Crippen LogP contribution < -0.4 is 0 Å². The molecule has 0 radical (unpaired) electrons. The molecule has 6 heteroatoms. The number of hydrogen-bond acceptors (Lipinski definition) is 3. The molecule has 1 saturated heterocycles. The van der Waals surface area contributed by atoms with Gasteiger partial charge in [-0.05, 0) is 31.0 Å². The summed E-state index contributed by atoms with van der Waals surface area (Å²) in [6, 6.07) is 3.75. The minimum absolute atomic E-state index is 0.132. The number of benzene rings is 1. The van der Waals surface area contributed by atoms with Crippen LogP contribution in [-0.2, 0) is 4.79 Å². The number of likely N-dealkylation sites (tertiary alicyclic amines) is 1. The summed E-state index contributed by atoms with van der Waals surface area (Å²) in [5.74, 6) is -1.56. The van der Waals surface area contributed by atoms with E-state index in [-0.39, 0.29) is 11.3 Å². The highest BCUT2D eigenvalue weighted by molar-refractivity contribution is 9.10. The summed E-state index contributed by atoms with van der Waals surface area (Å²) in [5.41, 5.74) is 0.132. The first kappa shape index (κ1) is 14.8. The molecule has 1 aliphatic rings. The second-order valence-electron chi connectivity index (χ2n) is 4.86. The molecule has 2 N–H and O–H groups in total. The Balaban J connectivity index is 2.33. The van der Waals surface area contributed by atoms with Gasteiger partial charge in [0.2, 0.25) is 0 Å². The Morgan fingerprint density at radius 3 is 2.70 bits per heavy atom. The van der Waals surface area contributed by atoms with Gasteiger partial charge >= 0.3 is 5.97 Å². The molecule has 2 rings (SSSR count). The number of carbonyl (C=O) groups is 2. The zero-order valence-corrected chi connectivity index (χ0v) is 12.5. The molecule has 108 valence electrons. The molecule has 1 aromatic carbocycles. The van der Waals surface area contributed by atoms with Crippen LogP contribution in [0.4, 0.5) is 0 Å². The molecule has 0 bridgehead atoms. The number of carbonyl (C=O) groups excluding carboxylic acids is 1. The van der Waals surface area contributed by atoms with Crippen LogP contribution in [0.3, 0.4) is 0 Å². The second-order valence-corrected chi connectivity index (χ2v) is 5.78. The van der Waals surface area contributed by atoms with Gasteiger partial charge in [0.15, 0.2) is 0 Å². The predicted molar refractivity (Wildman–Crippen MR) is 76.7 cm³/mol. The molecule has 1 aliphatic heterocycles. The highest BCUT2D eigenvalue weighted by Crippen LogP contribution is 2.26. The summed E-state index contributed by atoms with van der Waals surface area (Å²) >= 11 is 3.25. The summed E-state index contributed by atoms with van der Waals surface area (Å²) in [7, 11) is 0. The lowest BCUT2D eigenvalue weighted by molar-refractivity contribution is -0.142. The van der Waals surface area contributed by atoms with Gasteiger partial charge in [0.25, 0.3) is 5.91 Å². The SMILES string of the molecule is O=C(O)C1CCCCCN1C(=O)c1cc(Br)ccc1O. The van der Waals surface area contributed by atoms with E-state index >= 15 is 0 Å². The quantitative estimate of drug-likeness (QED) is 0.866. The van der Waals surface area contributed by atoms with Crippen molar-refractivity contribution in [3.63, 3.8) is 0 Å². The summed E-state index contributed by atoms with van der Waals surface area (Å²) < 4.78 is 0.667. The van der Waals surface area contributed by atoms with E-state index in [0.29, 0.717) is 17.4 Å². The number of amides is 1. The van der Waals surface area contributed by atoms with Crippen molar-refractivity contribution in [1.82, 2.24) is 4.90 Å². The van der Waals surface area contributed by atoms with Crippen molar-refractivity contribution >= 4 is 27.8 Å². The highest BCUT2D eigenvalue weighted by Gasteiger charge is 2.32. The third-order valence-corrected chi connectivity index (χ3v) is 3.98. The van der Waals surface area contributed by atoms with E-state index in [1.165, 1.54) is 17.0 Å². The number of halogens is 1. The van der Waals surface area contributed by atoms with Crippen molar-refractivity contribution in [1.29, 1.82) is 0 Å². The molecule has 1 atom stereocenters. The van der Waals surface area contributed by atoms with E-state index < -0.39 is 17.9 Å². The number of aliphatic carboxylic acids is 1. The Kier molecular flexibility index (Phi) is 4.65. The first-order valence-electron chi connectivity index (χ1n) is 6.53. The Morgan fingerprint density at radius 1 is 1.25 bits per heavy atom. The second kappa shape index (κ2) is 6.26. The Hall–Kier alpha value is -1.56. The number of phenolic OH excluding ortho intramolecular Hbond substituents is 1. The molecule has 5 nitrogen and oxygen atoms in total. The van der Waals surface area contributed by atoms with E-state index in [4.69, 9.17) is 0 Å². The van der Waals surface area contributed by atoms with Crippen LogP contribution in [-0.4, -0.2) is 39.6 Å². The summed E-state index contributed by atoms with van der Waals surface area (Å²) in [6.45, 7) is 0.405. The topological polar surface area (TPSA) is 77.8 Å². The smallest absolute Gasteiger partial charge is 0.326 e. The molecule has 1 amide bonds. The van der Waals surface area contributed by atoms with Gasteiger partial charge in [-0.15, -0.1) is 0 Å². The average molecular weight is 342 g/mol. The van der Waals surface area contributed by atoms with Gasteiger partial charge in [0.05, 0.1) is 5.56 Å². The van der Waals surface area contributed by atoms with Gasteiger partial charge in [0, 0.05) is 11.0 Å². The normalized spacial score (nSPS) is 19.4. The minimum atomic E-state index is -0.991. The summed E-state index contributed by atoms with van der Waals surface area (Å²) in [5, 5.41) is 19.1. The van der Waals surface area contributed by atoms with Gasteiger partial charge < -0.3 is 15.1 Å². The standard InChI is InChI=1S/C14H16BrNO4/c15-9-5-6-12(17)10(8-9)13(18)16-7-3-1-2-4-11(16)14(19)20/h5-6,8,11,17H,1-4,7H2,(H,19,20). The van der Waals surface area contributed by atoms with E-state index in [2.05, 4.69) is 15.9 Å². The lowest BCUT2D eigenvalue weighted by Crippen LogP contribution is -2.44. The number of nitrogens with zero attached hydrogens (tertiary/aromatic N) is 1. The maximum atomic E-state index is 12.5. The number of carboxylic acid groups (broad SMARTS) is 1. The van der Waals surface area contributed by atoms with E-state index in [0.717, 1.165) is 19.3 Å². The van der Waals surface area contributed by atoms with Crippen LogP contribution in [0.1, 0.15) is 36.0 Å². The number of hydrogen-bond donors (Lipinski definition) is 2. The zero-order valence-electron chi connectivity index (χ0n) is 10.9. The third kappa shape index (κ3) is 3.12. The van der Waals surface area contributed by atoms with Crippen molar-refractivity contribution in [2.75, 3.05) is 6.54 Å². The van der Waals surface area contributed by atoms with Gasteiger partial charge in [-0.1, -0.05) is 28.8 Å². The fourth-order valence-electron chi connectivity index (χ4n) is 2.44. The van der Waals surface area contributed by atoms with Gasteiger partial charge in [-0.2, -0.15) is 0 Å². The van der Waals surface area contributed by atoms with Crippen LogP contribution in [0.15, 0.2) is 22.7 Å². The molecule has 1 unspecified atom stereocenters. The molecular formula is C14H16BrNO4. The third-order valence-electron chi connectivity index (χ3n) is 3.49. The van der Waals surface area contributed by atoms with Crippen molar-refractivity contribution in [3.05, 3.63) is 28.2 Å². The minimum Gasteiger partial charge on any atom is -0.507 e. The van der Waals surface area contributed by atoms with E-state index in [1.54, 1.807) is 6.07 Å². The van der Waals surface area contributed by atoms with Crippen molar-refractivity contribution in [2.45, 2.75) is 31.7 Å². The Labute approximate surface area is 125 Å². The maximum absolute atomic E-state index is 12.5. The molecule has 0 aliphatic carbocycles. The van der Waals surface area contributed by atoms with Crippen molar-refractivity contribution in [3.8, 4) is 5.75 Å². The molecule has 1 fully saturated rings. The number of rotatable bonds is 2.